The van der Waals surface area contributed by atoms with Crippen molar-refractivity contribution >= 4 is 5.97 Å². The molecule has 5 atom stereocenters. The highest BCUT2D eigenvalue weighted by Crippen LogP contribution is 2.43. The highest BCUT2D eigenvalue weighted by Gasteiger charge is 2.46. The van der Waals surface area contributed by atoms with Crippen LogP contribution in [0.2, 0.25) is 0 Å². The SMILES string of the molecule is CC#CC[C@H]1O[C@@]2(CC[C@H](C)[C@H](COC(C)=O)O2)CC[C@@H]1C. The van der Waals surface area contributed by atoms with E-state index in [1.807, 2.05) is 6.92 Å². The normalized spacial score (nSPS) is 38.2. The zero-order valence-corrected chi connectivity index (χ0v) is 14.2. The lowest BCUT2D eigenvalue weighted by atomic mass is 9.84. The van der Waals surface area contributed by atoms with Crippen molar-refractivity contribution in [3.8, 4) is 11.8 Å². The molecule has 1 spiro atoms. The van der Waals surface area contributed by atoms with Gasteiger partial charge in [0.05, 0.1) is 12.2 Å². The number of carbonyl (C=O) groups excluding carboxylic acids is 1. The molecule has 0 bridgehead atoms. The van der Waals surface area contributed by atoms with Crippen LogP contribution in [0.1, 0.15) is 59.8 Å². The van der Waals surface area contributed by atoms with Crippen molar-refractivity contribution < 1.29 is 19.0 Å². The van der Waals surface area contributed by atoms with Crippen molar-refractivity contribution in [2.75, 3.05) is 6.61 Å². The Hall–Kier alpha value is -1.05. The van der Waals surface area contributed by atoms with Crippen LogP contribution in [0.3, 0.4) is 0 Å². The van der Waals surface area contributed by atoms with E-state index in [9.17, 15) is 4.79 Å². The van der Waals surface area contributed by atoms with Gasteiger partial charge in [0.15, 0.2) is 5.79 Å². The summed E-state index contributed by atoms with van der Waals surface area (Å²) in [6, 6.07) is 0. The predicted molar refractivity (Wildman–Crippen MR) is 84.0 cm³/mol. The van der Waals surface area contributed by atoms with E-state index in [-0.39, 0.29) is 18.2 Å². The summed E-state index contributed by atoms with van der Waals surface area (Å²) in [6.07, 6.45) is 4.75. The summed E-state index contributed by atoms with van der Waals surface area (Å²) in [5, 5.41) is 0. The second-order valence-corrected chi connectivity index (χ2v) is 6.69. The molecule has 0 aliphatic carbocycles. The van der Waals surface area contributed by atoms with Crippen LogP contribution in [-0.4, -0.2) is 30.6 Å². The molecule has 2 saturated heterocycles. The lowest BCUT2D eigenvalue weighted by Crippen LogP contribution is -2.53. The second-order valence-electron chi connectivity index (χ2n) is 6.69. The summed E-state index contributed by atoms with van der Waals surface area (Å²) in [5.41, 5.74) is 0. The Bertz CT molecular complexity index is 446. The quantitative estimate of drug-likeness (QED) is 0.593. The molecular formula is C18H28O4. The summed E-state index contributed by atoms with van der Waals surface area (Å²) >= 11 is 0. The van der Waals surface area contributed by atoms with E-state index >= 15 is 0 Å². The smallest absolute Gasteiger partial charge is 0.302 e. The monoisotopic (exact) mass is 308 g/mol. The summed E-state index contributed by atoms with van der Waals surface area (Å²) in [4.78, 5) is 11.0. The van der Waals surface area contributed by atoms with Crippen LogP contribution in [0.15, 0.2) is 0 Å². The number of carbonyl (C=O) groups is 1. The maximum Gasteiger partial charge on any atom is 0.302 e. The summed E-state index contributed by atoms with van der Waals surface area (Å²) in [5.74, 6) is 6.19. The number of ether oxygens (including phenoxy) is 3. The molecule has 4 heteroatoms. The van der Waals surface area contributed by atoms with Gasteiger partial charge in [0.25, 0.3) is 0 Å². The number of hydrogen-bond donors (Lipinski definition) is 0. The van der Waals surface area contributed by atoms with Gasteiger partial charge in [0, 0.05) is 26.2 Å². The Balaban J connectivity index is 2.01. The second kappa shape index (κ2) is 7.48. The first-order valence-corrected chi connectivity index (χ1v) is 8.34. The van der Waals surface area contributed by atoms with Gasteiger partial charge in [-0.05, 0) is 31.6 Å². The summed E-state index contributed by atoms with van der Waals surface area (Å²) in [7, 11) is 0. The maximum absolute atomic E-state index is 11.0. The Labute approximate surface area is 133 Å². The van der Waals surface area contributed by atoms with Crippen LogP contribution >= 0.6 is 0 Å². The van der Waals surface area contributed by atoms with Crippen LogP contribution in [-0.2, 0) is 19.0 Å². The van der Waals surface area contributed by atoms with E-state index < -0.39 is 5.79 Å². The predicted octanol–water partition coefficient (Wildman–Crippen LogP) is 3.29. The average molecular weight is 308 g/mol. The van der Waals surface area contributed by atoms with Crippen LogP contribution in [0, 0.1) is 23.7 Å². The first kappa shape index (κ1) is 17.3. The van der Waals surface area contributed by atoms with Crippen LogP contribution in [0.4, 0.5) is 0 Å². The van der Waals surface area contributed by atoms with Crippen molar-refractivity contribution in [1.29, 1.82) is 0 Å². The molecule has 2 aliphatic heterocycles. The van der Waals surface area contributed by atoms with E-state index in [1.165, 1.54) is 6.92 Å². The first-order chi connectivity index (χ1) is 10.5. The first-order valence-electron chi connectivity index (χ1n) is 8.34. The molecule has 0 saturated carbocycles. The van der Waals surface area contributed by atoms with Crippen molar-refractivity contribution in [3.05, 3.63) is 0 Å². The van der Waals surface area contributed by atoms with Gasteiger partial charge >= 0.3 is 5.97 Å². The fourth-order valence-corrected chi connectivity index (χ4v) is 3.28. The molecule has 2 aliphatic rings. The molecule has 4 nitrogen and oxygen atoms in total. The molecule has 124 valence electrons. The molecule has 0 aromatic carbocycles. The van der Waals surface area contributed by atoms with Crippen LogP contribution in [0.5, 0.6) is 0 Å². The van der Waals surface area contributed by atoms with Gasteiger partial charge in [-0.1, -0.05) is 13.8 Å². The molecule has 0 amide bonds. The van der Waals surface area contributed by atoms with Gasteiger partial charge in [-0.3, -0.25) is 4.79 Å². The topological polar surface area (TPSA) is 44.8 Å². The van der Waals surface area contributed by atoms with E-state index in [1.54, 1.807) is 0 Å². The van der Waals surface area contributed by atoms with E-state index in [0.29, 0.717) is 18.4 Å². The third kappa shape index (κ3) is 4.24. The molecule has 22 heavy (non-hydrogen) atoms. The Morgan fingerprint density at radius 3 is 2.36 bits per heavy atom. The highest BCUT2D eigenvalue weighted by atomic mass is 16.7. The van der Waals surface area contributed by atoms with Gasteiger partial charge in [-0.25, -0.2) is 0 Å². The van der Waals surface area contributed by atoms with Gasteiger partial charge in [-0.2, -0.15) is 0 Å². The zero-order chi connectivity index (χ0) is 16.2. The molecule has 0 N–H and O–H groups in total. The van der Waals surface area contributed by atoms with Crippen molar-refractivity contribution in [2.24, 2.45) is 11.8 Å². The van der Waals surface area contributed by atoms with Gasteiger partial charge in [-0.15, -0.1) is 11.8 Å². The van der Waals surface area contributed by atoms with E-state index in [2.05, 4.69) is 25.7 Å². The van der Waals surface area contributed by atoms with E-state index in [4.69, 9.17) is 14.2 Å². The minimum absolute atomic E-state index is 0.0797. The maximum atomic E-state index is 11.0. The minimum atomic E-state index is -0.510. The number of esters is 1. The average Bonchev–Trinajstić information content (AvgIpc) is 2.49. The van der Waals surface area contributed by atoms with Gasteiger partial charge < -0.3 is 14.2 Å². The lowest BCUT2D eigenvalue weighted by molar-refractivity contribution is -0.333. The minimum Gasteiger partial charge on any atom is -0.463 e. The number of hydrogen-bond acceptors (Lipinski definition) is 4. The fraction of sp³-hybridized carbons (Fsp3) is 0.833. The summed E-state index contributed by atoms with van der Waals surface area (Å²) < 4.78 is 17.8. The standard InChI is InChI=1S/C18H28O4/c1-5-6-7-16-13(2)8-10-18(21-16)11-9-14(3)17(22-18)12-20-15(4)19/h13-14,16-17H,7-12H2,1-4H3/t13-,14-,16+,17-,18-/m0/s1. The van der Waals surface area contributed by atoms with Gasteiger partial charge in [0.1, 0.15) is 6.61 Å². The summed E-state index contributed by atoms with van der Waals surface area (Å²) in [6.45, 7) is 7.97. The molecule has 2 heterocycles. The zero-order valence-electron chi connectivity index (χ0n) is 14.2. The molecule has 0 unspecified atom stereocenters. The van der Waals surface area contributed by atoms with E-state index in [0.717, 1.165) is 32.1 Å². The van der Waals surface area contributed by atoms with Crippen molar-refractivity contribution in [3.63, 3.8) is 0 Å². The van der Waals surface area contributed by atoms with Crippen molar-refractivity contribution in [1.82, 2.24) is 0 Å². The Kier molecular flexibility index (Phi) is 5.88. The molecule has 0 radical (unpaired) electrons. The van der Waals surface area contributed by atoms with Gasteiger partial charge in [0.2, 0.25) is 0 Å². The third-order valence-corrected chi connectivity index (χ3v) is 4.89. The lowest BCUT2D eigenvalue weighted by Gasteiger charge is -2.49. The Morgan fingerprint density at radius 1 is 1.18 bits per heavy atom. The molecule has 2 rings (SSSR count). The molecule has 2 fully saturated rings. The van der Waals surface area contributed by atoms with Crippen LogP contribution < -0.4 is 0 Å². The molecule has 0 aromatic heterocycles. The fourth-order valence-electron chi connectivity index (χ4n) is 3.28. The van der Waals surface area contributed by atoms with Crippen LogP contribution in [0.25, 0.3) is 0 Å². The Morgan fingerprint density at radius 2 is 1.77 bits per heavy atom. The molecular weight excluding hydrogens is 280 g/mol. The third-order valence-electron chi connectivity index (χ3n) is 4.89. The number of rotatable bonds is 3. The highest BCUT2D eigenvalue weighted by molar-refractivity contribution is 5.65. The molecule has 0 aromatic rings. The van der Waals surface area contributed by atoms with Crippen molar-refractivity contribution in [2.45, 2.75) is 77.8 Å². The largest absolute Gasteiger partial charge is 0.463 e.